The van der Waals surface area contributed by atoms with E-state index in [4.69, 9.17) is 0 Å². The molecular weight excluding hydrogens is 206 g/mol. The third-order valence-corrected chi connectivity index (χ3v) is 4.21. The summed E-state index contributed by atoms with van der Waals surface area (Å²) < 4.78 is 0. The molecule has 1 aliphatic carbocycles. The molecule has 0 radical (unpaired) electrons. The van der Waals surface area contributed by atoms with Gasteiger partial charge in [0.25, 0.3) is 0 Å². The van der Waals surface area contributed by atoms with Crippen molar-refractivity contribution in [3.8, 4) is 0 Å². The van der Waals surface area contributed by atoms with Gasteiger partial charge < -0.3 is 5.32 Å². The molecule has 2 rings (SSSR count). The molecule has 2 unspecified atom stereocenters. The normalized spacial score (nSPS) is 17.8. The van der Waals surface area contributed by atoms with Crippen molar-refractivity contribution in [1.82, 2.24) is 5.32 Å². The largest absolute Gasteiger partial charge is 0.313 e. The molecule has 1 N–H and O–H groups in total. The summed E-state index contributed by atoms with van der Waals surface area (Å²) in [7, 11) is 2.08. The molecule has 0 bridgehead atoms. The van der Waals surface area contributed by atoms with Gasteiger partial charge in [-0.05, 0) is 55.3 Å². The highest BCUT2D eigenvalue weighted by Crippen LogP contribution is 2.28. The van der Waals surface area contributed by atoms with Crippen molar-refractivity contribution in [1.29, 1.82) is 0 Å². The van der Waals surface area contributed by atoms with Gasteiger partial charge in [0, 0.05) is 6.04 Å². The Morgan fingerprint density at radius 1 is 1.24 bits per heavy atom. The molecule has 94 valence electrons. The van der Waals surface area contributed by atoms with Crippen LogP contribution in [-0.2, 0) is 12.8 Å². The number of nitrogens with one attached hydrogen (secondary N) is 1. The fourth-order valence-corrected chi connectivity index (χ4v) is 2.80. The Labute approximate surface area is 106 Å². The van der Waals surface area contributed by atoms with Crippen LogP contribution in [0.15, 0.2) is 18.2 Å². The second-order valence-corrected chi connectivity index (χ2v) is 5.47. The number of benzene rings is 1. The van der Waals surface area contributed by atoms with E-state index >= 15 is 0 Å². The van der Waals surface area contributed by atoms with Gasteiger partial charge in [0.15, 0.2) is 0 Å². The molecule has 0 saturated carbocycles. The zero-order valence-electron chi connectivity index (χ0n) is 11.4. The minimum Gasteiger partial charge on any atom is -0.313 e. The smallest absolute Gasteiger partial charge is 0.0320 e. The van der Waals surface area contributed by atoms with E-state index in [0.29, 0.717) is 6.04 Å². The van der Waals surface area contributed by atoms with E-state index in [1.165, 1.54) is 37.7 Å². The third kappa shape index (κ3) is 2.90. The van der Waals surface area contributed by atoms with Crippen molar-refractivity contribution in [3.05, 3.63) is 34.9 Å². The topological polar surface area (TPSA) is 12.0 Å². The standard InChI is InChI=1S/C16H25N/c1-4-12(2)10-16(17-3)15-9-8-13-6-5-7-14(13)11-15/h8-9,11-12,16-17H,4-7,10H2,1-3H3. The Morgan fingerprint density at radius 3 is 2.71 bits per heavy atom. The average Bonchev–Trinajstić information content (AvgIpc) is 2.82. The highest BCUT2D eigenvalue weighted by molar-refractivity contribution is 5.36. The average molecular weight is 231 g/mol. The molecule has 17 heavy (non-hydrogen) atoms. The van der Waals surface area contributed by atoms with Gasteiger partial charge >= 0.3 is 0 Å². The summed E-state index contributed by atoms with van der Waals surface area (Å²) in [5.74, 6) is 0.792. The maximum absolute atomic E-state index is 3.47. The summed E-state index contributed by atoms with van der Waals surface area (Å²) in [6, 6.07) is 7.63. The third-order valence-electron chi connectivity index (χ3n) is 4.21. The van der Waals surface area contributed by atoms with Crippen LogP contribution in [0.4, 0.5) is 0 Å². The Balaban J connectivity index is 2.14. The van der Waals surface area contributed by atoms with Crippen LogP contribution in [0.3, 0.4) is 0 Å². The molecular formula is C16H25N. The van der Waals surface area contributed by atoms with Crippen LogP contribution >= 0.6 is 0 Å². The van der Waals surface area contributed by atoms with Crippen molar-refractivity contribution in [2.75, 3.05) is 7.05 Å². The first-order chi connectivity index (χ1) is 8.24. The molecule has 1 aromatic rings. The number of fused-ring (bicyclic) bond motifs is 1. The Morgan fingerprint density at radius 2 is 2.00 bits per heavy atom. The lowest BCUT2D eigenvalue weighted by molar-refractivity contribution is 0.422. The summed E-state index contributed by atoms with van der Waals surface area (Å²) in [5.41, 5.74) is 4.65. The van der Waals surface area contributed by atoms with Crippen molar-refractivity contribution in [2.45, 2.75) is 52.0 Å². The lowest BCUT2D eigenvalue weighted by atomic mass is 9.93. The van der Waals surface area contributed by atoms with Crippen molar-refractivity contribution >= 4 is 0 Å². The second-order valence-electron chi connectivity index (χ2n) is 5.47. The monoisotopic (exact) mass is 231 g/mol. The molecule has 2 atom stereocenters. The van der Waals surface area contributed by atoms with Crippen molar-refractivity contribution in [3.63, 3.8) is 0 Å². The van der Waals surface area contributed by atoms with E-state index in [9.17, 15) is 0 Å². The summed E-state index contributed by atoms with van der Waals surface area (Å²) in [5, 5.41) is 3.47. The number of rotatable bonds is 5. The molecule has 0 aromatic heterocycles. The molecule has 0 saturated heterocycles. The van der Waals surface area contributed by atoms with Crippen LogP contribution in [-0.4, -0.2) is 7.05 Å². The predicted octanol–water partition coefficient (Wildman–Crippen LogP) is 3.87. The quantitative estimate of drug-likeness (QED) is 0.811. The lowest BCUT2D eigenvalue weighted by Crippen LogP contribution is -2.19. The molecule has 1 aliphatic rings. The molecule has 0 fully saturated rings. The van der Waals surface area contributed by atoms with Crippen LogP contribution in [0.5, 0.6) is 0 Å². The van der Waals surface area contributed by atoms with Gasteiger partial charge in [0.2, 0.25) is 0 Å². The van der Waals surface area contributed by atoms with E-state index in [2.05, 4.69) is 44.4 Å². The highest BCUT2D eigenvalue weighted by atomic mass is 14.9. The van der Waals surface area contributed by atoms with Gasteiger partial charge in [0.1, 0.15) is 0 Å². The predicted molar refractivity (Wildman–Crippen MR) is 74.3 cm³/mol. The fourth-order valence-electron chi connectivity index (χ4n) is 2.80. The van der Waals surface area contributed by atoms with Gasteiger partial charge in [-0.15, -0.1) is 0 Å². The fraction of sp³-hybridized carbons (Fsp3) is 0.625. The van der Waals surface area contributed by atoms with E-state index in [1.54, 1.807) is 11.1 Å². The zero-order chi connectivity index (χ0) is 12.3. The van der Waals surface area contributed by atoms with E-state index in [0.717, 1.165) is 5.92 Å². The van der Waals surface area contributed by atoms with Crippen LogP contribution in [0.25, 0.3) is 0 Å². The first-order valence-corrected chi connectivity index (χ1v) is 7.03. The highest BCUT2D eigenvalue weighted by Gasteiger charge is 2.16. The van der Waals surface area contributed by atoms with Crippen molar-refractivity contribution < 1.29 is 0 Å². The minimum absolute atomic E-state index is 0.524. The Kier molecular flexibility index (Phi) is 4.22. The van der Waals surface area contributed by atoms with Gasteiger partial charge in [-0.25, -0.2) is 0 Å². The molecule has 0 amide bonds. The summed E-state index contributed by atoms with van der Waals surface area (Å²) >= 11 is 0. The molecule has 1 heteroatoms. The lowest BCUT2D eigenvalue weighted by Gasteiger charge is -2.21. The molecule has 1 nitrogen and oxygen atoms in total. The van der Waals surface area contributed by atoms with Crippen LogP contribution in [0.2, 0.25) is 0 Å². The van der Waals surface area contributed by atoms with Gasteiger partial charge in [0.05, 0.1) is 0 Å². The zero-order valence-corrected chi connectivity index (χ0v) is 11.4. The molecule has 1 aromatic carbocycles. The van der Waals surface area contributed by atoms with E-state index < -0.39 is 0 Å². The SMILES string of the molecule is CCC(C)CC(NC)c1ccc2c(c1)CCC2. The second kappa shape index (κ2) is 5.68. The van der Waals surface area contributed by atoms with E-state index in [-0.39, 0.29) is 0 Å². The summed E-state index contributed by atoms with van der Waals surface area (Å²) in [6.45, 7) is 4.62. The first-order valence-electron chi connectivity index (χ1n) is 7.03. The van der Waals surface area contributed by atoms with Gasteiger partial charge in [-0.3, -0.25) is 0 Å². The van der Waals surface area contributed by atoms with Crippen LogP contribution < -0.4 is 5.32 Å². The summed E-state index contributed by atoms with van der Waals surface area (Å²) in [6.07, 6.45) is 6.41. The number of hydrogen-bond acceptors (Lipinski definition) is 1. The van der Waals surface area contributed by atoms with Crippen molar-refractivity contribution in [2.24, 2.45) is 5.92 Å². The summed E-state index contributed by atoms with van der Waals surface area (Å²) in [4.78, 5) is 0. The Bertz CT molecular complexity index is 370. The minimum atomic E-state index is 0.524. The number of hydrogen-bond donors (Lipinski definition) is 1. The van der Waals surface area contributed by atoms with Crippen LogP contribution in [0, 0.1) is 5.92 Å². The van der Waals surface area contributed by atoms with Crippen LogP contribution in [0.1, 0.15) is 55.8 Å². The maximum atomic E-state index is 3.47. The molecule has 0 heterocycles. The number of aryl methyl sites for hydroxylation is 2. The van der Waals surface area contributed by atoms with Gasteiger partial charge in [-0.2, -0.15) is 0 Å². The first kappa shape index (κ1) is 12.6. The Hall–Kier alpha value is -0.820. The maximum Gasteiger partial charge on any atom is 0.0320 e. The van der Waals surface area contributed by atoms with E-state index in [1.807, 2.05) is 0 Å². The van der Waals surface area contributed by atoms with Gasteiger partial charge in [-0.1, -0.05) is 38.5 Å². The molecule has 0 aliphatic heterocycles. The molecule has 0 spiro atoms.